The lowest BCUT2D eigenvalue weighted by Gasteiger charge is -1.98. The lowest BCUT2D eigenvalue weighted by Crippen LogP contribution is -2.03. The maximum absolute atomic E-state index is 5.03. The van der Waals surface area contributed by atoms with Crippen LogP contribution in [-0.4, -0.2) is 21.5 Å². The van der Waals surface area contributed by atoms with E-state index in [9.17, 15) is 0 Å². The summed E-state index contributed by atoms with van der Waals surface area (Å²) < 4.78 is 1.62. The predicted molar refractivity (Wildman–Crippen MR) is 38.3 cm³/mol. The van der Waals surface area contributed by atoms with Crippen molar-refractivity contribution in [2.45, 2.75) is 0 Å². The average molecular weight is 136 g/mol. The highest BCUT2D eigenvalue weighted by Gasteiger charge is 1.94. The van der Waals surface area contributed by atoms with Crippen LogP contribution in [0, 0.1) is 12.3 Å². The predicted octanol–water partition coefficient (Wildman–Crippen LogP) is -0.140. The number of nitrogens with one attached hydrogen (secondary N) is 1. The summed E-state index contributed by atoms with van der Waals surface area (Å²) in [4.78, 5) is 0. The molecule has 1 aromatic heterocycles. The standard InChI is InChI=1S/C6H8N4/c1-3-4-7-6-5-8-9-10(6)2/h1,5,7H,4H2,2H3. The Bertz CT molecular complexity index is 244. The van der Waals surface area contributed by atoms with Gasteiger partial charge in [-0.1, -0.05) is 11.1 Å². The first kappa shape index (κ1) is 6.62. The highest BCUT2D eigenvalue weighted by atomic mass is 15.4. The lowest BCUT2D eigenvalue weighted by molar-refractivity contribution is 0.719. The van der Waals surface area contributed by atoms with Crippen molar-refractivity contribution < 1.29 is 0 Å². The van der Waals surface area contributed by atoms with E-state index in [-0.39, 0.29) is 0 Å². The molecule has 0 radical (unpaired) electrons. The van der Waals surface area contributed by atoms with Crippen molar-refractivity contribution in [3.05, 3.63) is 6.20 Å². The Morgan fingerprint density at radius 1 is 1.90 bits per heavy atom. The monoisotopic (exact) mass is 136 g/mol. The molecule has 4 nitrogen and oxygen atoms in total. The minimum atomic E-state index is 0.501. The molecule has 1 rings (SSSR count). The fourth-order valence-electron chi connectivity index (χ4n) is 0.591. The summed E-state index contributed by atoms with van der Waals surface area (Å²) in [5.41, 5.74) is 0. The molecule has 1 heterocycles. The van der Waals surface area contributed by atoms with Gasteiger partial charge in [-0.05, 0) is 0 Å². The molecular formula is C6H8N4. The quantitative estimate of drug-likeness (QED) is 0.575. The zero-order valence-electron chi connectivity index (χ0n) is 5.70. The summed E-state index contributed by atoms with van der Waals surface area (Å²) in [5.74, 6) is 3.28. The Labute approximate surface area is 59.2 Å². The van der Waals surface area contributed by atoms with Crippen LogP contribution >= 0.6 is 0 Å². The Balaban J connectivity index is 2.59. The number of aryl methyl sites for hydroxylation is 1. The minimum Gasteiger partial charge on any atom is -0.358 e. The normalized spacial score (nSPS) is 8.80. The number of nitrogens with zero attached hydrogens (tertiary/aromatic N) is 3. The van der Waals surface area contributed by atoms with E-state index in [0.29, 0.717) is 6.54 Å². The molecule has 0 fully saturated rings. The molecule has 52 valence electrons. The Morgan fingerprint density at radius 2 is 2.70 bits per heavy atom. The van der Waals surface area contributed by atoms with Crippen molar-refractivity contribution in [2.75, 3.05) is 11.9 Å². The van der Waals surface area contributed by atoms with E-state index < -0.39 is 0 Å². The fourth-order valence-corrected chi connectivity index (χ4v) is 0.591. The molecule has 4 heteroatoms. The minimum absolute atomic E-state index is 0.501. The molecule has 0 atom stereocenters. The number of aromatic nitrogens is 3. The van der Waals surface area contributed by atoms with Crippen LogP contribution in [0.2, 0.25) is 0 Å². The Hall–Kier alpha value is -1.50. The highest BCUT2D eigenvalue weighted by Crippen LogP contribution is 1.98. The molecule has 1 aromatic rings. The molecule has 0 spiro atoms. The summed E-state index contributed by atoms with van der Waals surface area (Å²) in [5, 5.41) is 10.3. The van der Waals surface area contributed by atoms with Gasteiger partial charge in [0, 0.05) is 7.05 Å². The smallest absolute Gasteiger partial charge is 0.145 e. The van der Waals surface area contributed by atoms with E-state index in [1.54, 1.807) is 17.9 Å². The van der Waals surface area contributed by atoms with Crippen LogP contribution < -0.4 is 5.32 Å². The number of hydrogen-bond acceptors (Lipinski definition) is 3. The van der Waals surface area contributed by atoms with Gasteiger partial charge in [-0.3, -0.25) is 0 Å². The van der Waals surface area contributed by atoms with E-state index in [1.165, 1.54) is 0 Å². The molecule has 0 unspecified atom stereocenters. The summed E-state index contributed by atoms with van der Waals surface area (Å²) in [6.07, 6.45) is 6.65. The van der Waals surface area contributed by atoms with Crippen molar-refractivity contribution in [1.29, 1.82) is 0 Å². The van der Waals surface area contributed by atoms with Gasteiger partial charge in [0.1, 0.15) is 5.82 Å². The zero-order chi connectivity index (χ0) is 7.40. The van der Waals surface area contributed by atoms with Crippen molar-refractivity contribution in [3.63, 3.8) is 0 Å². The lowest BCUT2D eigenvalue weighted by atomic mass is 10.6. The first-order chi connectivity index (χ1) is 4.84. The SMILES string of the molecule is C#CCNc1cnnn1C. The second-order valence-corrected chi connectivity index (χ2v) is 1.80. The fraction of sp³-hybridized carbons (Fsp3) is 0.333. The number of rotatable bonds is 2. The summed E-state index contributed by atoms with van der Waals surface area (Å²) >= 11 is 0. The zero-order valence-corrected chi connectivity index (χ0v) is 5.70. The maximum atomic E-state index is 5.03. The van der Waals surface area contributed by atoms with Gasteiger partial charge >= 0.3 is 0 Å². The molecular weight excluding hydrogens is 128 g/mol. The molecule has 0 amide bonds. The van der Waals surface area contributed by atoms with Gasteiger partial charge in [0.15, 0.2) is 0 Å². The van der Waals surface area contributed by atoms with E-state index in [1.807, 2.05) is 0 Å². The van der Waals surface area contributed by atoms with Crippen molar-refractivity contribution in [1.82, 2.24) is 15.0 Å². The Kier molecular flexibility index (Phi) is 1.90. The molecule has 0 bridgehead atoms. The summed E-state index contributed by atoms with van der Waals surface area (Å²) in [6.45, 7) is 0.501. The van der Waals surface area contributed by atoms with Crippen LogP contribution in [0.15, 0.2) is 6.20 Å². The first-order valence-corrected chi connectivity index (χ1v) is 2.86. The van der Waals surface area contributed by atoms with Gasteiger partial charge < -0.3 is 5.32 Å². The number of terminal acetylenes is 1. The van der Waals surface area contributed by atoms with Crippen LogP contribution in [0.25, 0.3) is 0 Å². The van der Waals surface area contributed by atoms with E-state index in [2.05, 4.69) is 21.5 Å². The van der Waals surface area contributed by atoms with E-state index >= 15 is 0 Å². The van der Waals surface area contributed by atoms with Gasteiger partial charge in [0.2, 0.25) is 0 Å². The number of anilines is 1. The molecule has 0 aliphatic heterocycles. The Morgan fingerprint density at radius 3 is 3.20 bits per heavy atom. The van der Waals surface area contributed by atoms with Gasteiger partial charge in [0.05, 0.1) is 12.7 Å². The van der Waals surface area contributed by atoms with Crippen molar-refractivity contribution >= 4 is 5.82 Å². The molecule has 0 saturated carbocycles. The summed E-state index contributed by atoms with van der Waals surface area (Å²) in [7, 11) is 1.80. The van der Waals surface area contributed by atoms with Crippen molar-refractivity contribution in [3.8, 4) is 12.3 Å². The molecule has 0 saturated heterocycles. The van der Waals surface area contributed by atoms with Crippen molar-refractivity contribution in [2.24, 2.45) is 7.05 Å². The largest absolute Gasteiger partial charge is 0.358 e. The van der Waals surface area contributed by atoms with Gasteiger partial charge in [-0.2, -0.15) is 0 Å². The second kappa shape index (κ2) is 2.87. The van der Waals surface area contributed by atoms with E-state index in [0.717, 1.165) is 5.82 Å². The van der Waals surface area contributed by atoms with Crippen LogP contribution in [0.4, 0.5) is 5.82 Å². The third kappa shape index (κ3) is 1.26. The average Bonchev–Trinajstić information content (AvgIpc) is 2.31. The van der Waals surface area contributed by atoms with Crippen LogP contribution in [0.1, 0.15) is 0 Å². The second-order valence-electron chi connectivity index (χ2n) is 1.80. The summed E-state index contributed by atoms with van der Waals surface area (Å²) in [6, 6.07) is 0. The third-order valence-electron chi connectivity index (χ3n) is 1.09. The molecule has 1 N–H and O–H groups in total. The van der Waals surface area contributed by atoms with Crippen LogP contribution in [0.5, 0.6) is 0 Å². The van der Waals surface area contributed by atoms with E-state index in [4.69, 9.17) is 6.42 Å². The number of hydrogen-bond donors (Lipinski definition) is 1. The van der Waals surface area contributed by atoms with Gasteiger partial charge in [-0.25, -0.2) is 4.68 Å². The molecule has 0 aromatic carbocycles. The maximum Gasteiger partial charge on any atom is 0.145 e. The van der Waals surface area contributed by atoms with Gasteiger partial charge in [0.25, 0.3) is 0 Å². The topological polar surface area (TPSA) is 42.7 Å². The van der Waals surface area contributed by atoms with Gasteiger partial charge in [-0.15, -0.1) is 11.5 Å². The van der Waals surface area contributed by atoms with Crippen LogP contribution in [-0.2, 0) is 7.05 Å². The molecule has 0 aliphatic rings. The van der Waals surface area contributed by atoms with Crippen LogP contribution in [0.3, 0.4) is 0 Å². The highest BCUT2D eigenvalue weighted by molar-refractivity contribution is 5.32. The first-order valence-electron chi connectivity index (χ1n) is 2.86. The molecule has 0 aliphatic carbocycles. The molecule has 10 heavy (non-hydrogen) atoms. The third-order valence-corrected chi connectivity index (χ3v) is 1.09.